The van der Waals surface area contributed by atoms with Crippen molar-refractivity contribution < 1.29 is 13.2 Å². The molecule has 0 aliphatic carbocycles. The smallest absolute Gasteiger partial charge is 0.382 e. The summed E-state index contributed by atoms with van der Waals surface area (Å²) in [6.07, 6.45) is 0.518. The van der Waals surface area contributed by atoms with Crippen LogP contribution in [-0.2, 0) is 6.18 Å². The van der Waals surface area contributed by atoms with E-state index < -0.39 is 11.7 Å². The molecule has 3 rings (SSSR count). The van der Waals surface area contributed by atoms with Crippen molar-refractivity contribution in [3.63, 3.8) is 0 Å². The van der Waals surface area contributed by atoms with Gasteiger partial charge in [-0.3, -0.25) is 0 Å². The van der Waals surface area contributed by atoms with Gasteiger partial charge in [-0.2, -0.15) is 13.2 Å². The summed E-state index contributed by atoms with van der Waals surface area (Å²) in [7, 11) is 0. The van der Waals surface area contributed by atoms with Crippen molar-refractivity contribution in [2.75, 3.05) is 11.1 Å². The number of nitrogen functional groups attached to an aromatic ring is 1. The highest BCUT2D eigenvalue weighted by Gasteiger charge is 2.29. The summed E-state index contributed by atoms with van der Waals surface area (Å²) in [6.45, 7) is 0. The average molecular weight is 293 g/mol. The number of nitrogens with zero attached hydrogens (tertiary/aromatic N) is 3. The van der Waals surface area contributed by atoms with Crippen LogP contribution in [0.25, 0.3) is 5.65 Å². The molecule has 108 valence electrons. The summed E-state index contributed by atoms with van der Waals surface area (Å²) in [6, 6.07) is 4.65. The van der Waals surface area contributed by atoms with E-state index in [2.05, 4.69) is 15.3 Å². The molecule has 0 radical (unpaired) electrons. The first-order valence-corrected chi connectivity index (χ1v) is 5.97. The van der Waals surface area contributed by atoms with Crippen molar-refractivity contribution in [2.24, 2.45) is 0 Å². The Labute approximate surface area is 117 Å². The molecular formula is C13H10F3N5. The molecule has 3 N–H and O–H groups in total. The number of imidazole rings is 1. The third-order valence-corrected chi connectivity index (χ3v) is 2.87. The van der Waals surface area contributed by atoms with Crippen molar-refractivity contribution in [1.82, 2.24) is 14.4 Å². The van der Waals surface area contributed by atoms with Crippen molar-refractivity contribution >= 4 is 23.0 Å². The summed E-state index contributed by atoms with van der Waals surface area (Å²) in [5, 5.41) is 2.91. The third-order valence-electron chi connectivity index (χ3n) is 2.87. The van der Waals surface area contributed by atoms with Gasteiger partial charge in [0.05, 0.1) is 11.8 Å². The van der Waals surface area contributed by atoms with Gasteiger partial charge >= 0.3 is 6.18 Å². The van der Waals surface area contributed by atoms with E-state index in [1.54, 1.807) is 23.0 Å². The van der Waals surface area contributed by atoms with Crippen LogP contribution in [0.1, 0.15) is 5.56 Å². The van der Waals surface area contributed by atoms with Crippen LogP contribution in [0.4, 0.5) is 30.5 Å². The zero-order valence-corrected chi connectivity index (χ0v) is 10.6. The van der Waals surface area contributed by atoms with E-state index in [0.717, 1.165) is 12.1 Å². The largest absolute Gasteiger partial charge is 0.416 e. The van der Waals surface area contributed by atoms with Crippen LogP contribution < -0.4 is 11.1 Å². The Morgan fingerprint density at radius 2 is 1.86 bits per heavy atom. The molecule has 0 fully saturated rings. The van der Waals surface area contributed by atoms with Crippen molar-refractivity contribution in [1.29, 1.82) is 0 Å². The number of hydrogen-bond donors (Lipinski definition) is 2. The Balaban J connectivity index is 1.93. The minimum Gasteiger partial charge on any atom is -0.382 e. The fourth-order valence-corrected chi connectivity index (χ4v) is 1.91. The zero-order valence-electron chi connectivity index (χ0n) is 10.6. The molecule has 0 bridgehead atoms. The van der Waals surface area contributed by atoms with Gasteiger partial charge in [0.2, 0.25) is 0 Å². The summed E-state index contributed by atoms with van der Waals surface area (Å²) in [5.74, 6) is 0.648. The highest BCUT2D eigenvalue weighted by atomic mass is 19.4. The first-order valence-electron chi connectivity index (χ1n) is 5.97. The molecule has 8 heteroatoms. The number of nitrogens with two attached hydrogens (primary N) is 1. The predicted octanol–water partition coefficient (Wildman–Crippen LogP) is 3.07. The Kier molecular flexibility index (Phi) is 2.93. The van der Waals surface area contributed by atoms with Gasteiger partial charge in [0.15, 0.2) is 11.5 Å². The van der Waals surface area contributed by atoms with E-state index in [1.165, 1.54) is 12.1 Å². The number of fused-ring (bicyclic) bond motifs is 1. The van der Waals surface area contributed by atoms with Gasteiger partial charge < -0.3 is 15.5 Å². The molecule has 0 amide bonds. The lowest BCUT2D eigenvalue weighted by Crippen LogP contribution is -2.05. The molecule has 3 aromatic rings. The first kappa shape index (κ1) is 13.2. The second kappa shape index (κ2) is 4.65. The molecule has 0 unspecified atom stereocenters. The Morgan fingerprint density at radius 1 is 1.14 bits per heavy atom. The van der Waals surface area contributed by atoms with Gasteiger partial charge in [-0.15, -0.1) is 0 Å². The van der Waals surface area contributed by atoms with E-state index in [-0.39, 0.29) is 5.82 Å². The highest BCUT2D eigenvalue weighted by Crippen LogP contribution is 2.30. The average Bonchev–Trinajstić information content (AvgIpc) is 2.86. The van der Waals surface area contributed by atoms with E-state index >= 15 is 0 Å². The molecule has 2 aromatic heterocycles. The number of aromatic nitrogens is 3. The lowest BCUT2D eigenvalue weighted by atomic mass is 10.2. The molecule has 21 heavy (non-hydrogen) atoms. The summed E-state index contributed by atoms with van der Waals surface area (Å²) >= 11 is 0. The van der Waals surface area contributed by atoms with E-state index in [4.69, 9.17) is 5.73 Å². The minimum atomic E-state index is -4.36. The topological polar surface area (TPSA) is 68.2 Å². The normalized spacial score (nSPS) is 11.8. The van der Waals surface area contributed by atoms with E-state index in [1.807, 2.05) is 0 Å². The fraction of sp³-hybridized carbons (Fsp3) is 0.0769. The number of anilines is 3. The van der Waals surface area contributed by atoms with Gasteiger partial charge in [-0.25, -0.2) is 9.97 Å². The molecule has 0 saturated carbocycles. The molecule has 0 aliphatic heterocycles. The van der Waals surface area contributed by atoms with E-state index in [9.17, 15) is 13.2 Å². The molecule has 0 aliphatic rings. The van der Waals surface area contributed by atoms with Crippen LogP contribution >= 0.6 is 0 Å². The second-order valence-corrected chi connectivity index (χ2v) is 4.37. The van der Waals surface area contributed by atoms with Crippen LogP contribution in [0.15, 0.2) is 42.9 Å². The quantitative estimate of drug-likeness (QED) is 0.762. The van der Waals surface area contributed by atoms with Gasteiger partial charge in [0.25, 0.3) is 0 Å². The monoisotopic (exact) mass is 293 g/mol. The Hall–Kier alpha value is -2.77. The highest BCUT2D eigenvalue weighted by molar-refractivity contribution is 5.71. The van der Waals surface area contributed by atoms with Crippen molar-refractivity contribution in [3.05, 3.63) is 48.4 Å². The molecule has 2 heterocycles. The molecule has 1 aromatic carbocycles. The van der Waals surface area contributed by atoms with Crippen LogP contribution in [0, 0.1) is 0 Å². The van der Waals surface area contributed by atoms with E-state index in [0.29, 0.717) is 17.2 Å². The van der Waals surface area contributed by atoms with Crippen LogP contribution in [0.5, 0.6) is 0 Å². The number of halogens is 3. The molecule has 5 nitrogen and oxygen atoms in total. The standard InChI is InChI=1S/C13H10F3N5/c14-13(15,16)8-1-3-9(4-2-8)19-11-12-18-5-6-21(12)7-10(17)20-11/h1-7H,17H2,(H,19,20). The van der Waals surface area contributed by atoms with Crippen LogP contribution in [0.3, 0.4) is 0 Å². The number of alkyl halides is 3. The molecule has 0 saturated heterocycles. The Morgan fingerprint density at radius 3 is 2.52 bits per heavy atom. The number of nitrogens with one attached hydrogen (secondary N) is 1. The first-order chi connectivity index (χ1) is 9.93. The zero-order chi connectivity index (χ0) is 15.0. The van der Waals surface area contributed by atoms with Gasteiger partial charge in [-0.1, -0.05) is 0 Å². The number of benzene rings is 1. The van der Waals surface area contributed by atoms with Crippen LogP contribution in [-0.4, -0.2) is 14.4 Å². The minimum absolute atomic E-state index is 0.273. The van der Waals surface area contributed by atoms with Gasteiger partial charge in [0.1, 0.15) is 5.82 Å². The molecule has 0 atom stereocenters. The maximum atomic E-state index is 12.5. The third kappa shape index (κ3) is 2.60. The lowest BCUT2D eigenvalue weighted by Gasteiger charge is -2.10. The summed E-state index contributed by atoms with van der Waals surface area (Å²) in [4.78, 5) is 8.22. The predicted molar refractivity (Wildman–Crippen MR) is 72.1 cm³/mol. The Bertz CT molecular complexity index is 777. The molecule has 0 spiro atoms. The van der Waals surface area contributed by atoms with Gasteiger partial charge in [-0.05, 0) is 24.3 Å². The fourth-order valence-electron chi connectivity index (χ4n) is 1.91. The number of hydrogen-bond acceptors (Lipinski definition) is 4. The van der Waals surface area contributed by atoms with Crippen LogP contribution in [0.2, 0.25) is 0 Å². The second-order valence-electron chi connectivity index (χ2n) is 4.37. The van der Waals surface area contributed by atoms with Crippen molar-refractivity contribution in [2.45, 2.75) is 6.18 Å². The summed E-state index contributed by atoms with van der Waals surface area (Å²) < 4.78 is 39.2. The van der Waals surface area contributed by atoms with Crippen molar-refractivity contribution in [3.8, 4) is 0 Å². The lowest BCUT2D eigenvalue weighted by molar-refractivity contribution is -0.137. The molecular weight excluding hydrogens is 283 g/mol. The number of rotatable bonds is 2. The maximum absolute atomic E-state index is 12.5. The summed E-state index contributed by atoms with van der Waals surface area (Å²) in [5.41, 5.74) is 5.96. The SMILES string of the molecule is Nc1cn2ccnc2c(Nc2ccc(C(F)(F)F)cc2)n1. The maximum Gasteiger partial charge on any atom is 0.416 e. The van der Waals surface area contributed by atoms with Gasteiger partial charge in [0, 0.05) is 18.1 Å².